The number of carbonyl (C=O) groups is 1. The van der Waals surface area contributed by atoms with Crippen LogP contribution in [0.15, 0.2) is 78.9 Å². The van der Waals surface area contributed by atoms with Gasteiger partial charge in [0.25, 0.3) is 5.91 Å². The van der Waals surface area contributed by atoms with Crippen molar-refractivity contribution in [1.82, 2.24) is 9.80 Å². The van der Waals surface area contributed by atoms with Crippen LogP contribution in [0, 0.1) is 0 Å². The second-order valence-electron chi connectivity index (χ2n) is 7.21. The van der Waals surface area contributed by atoms with Gasteiger partial charge in [0.1, 0.15) is 0 Å². The van der Waals surface area contributed by atoms with Gasteiger partial charge in [-0.1, -0.05) is 83.9 Å². The van der Waals surface area contributed by atoms with Crippen LogP contribution in [0.2, 0.25) is 10.0 Å². The molecule has 0 saturated carbocycles. The molecule has 0 radical (unpaired) electrons. The Morgan fingerprint density at radius 1 is 0.724 bits per heavy atom. The molecule has 0 spiro atoms. The minimum absolute atomic E-state index is 0.0231. The maximum absolute atomic E-state index is 12.9. The molecule has 1 aliphatic rings. The molecule has 0 atom stereocenters. The van der Waals surface area contributed by atoms with Crippen LogP contribution in [0.25, 0.3) is 0 Å². The van der Waals surface area contributed by atoms with Crippen molar-refractivity contribution >= 4 is 29.1 Å². The van der Waals surface area contributed by atoms with Gasteiger partial charge in [0.15, 0.2) is 0 Å². The van der Waals surface area contributed by atoms with E-state index in [0.717, 1.165) is 13.1 Å². The molecule has 0 bridgehead atoms. The first-order chi connectivity index (χ1) is 14.1. The fourth-order valence-electron chi connectivity index (χ4n) is 3.93. The largest absolute Gasteiger partial charge is 0.336 e. The van der Waals surface area contributed by atoms with Crippen molar-refractivity contribution in [3.05, 3.63) is 106 Å². The molecule has 3 aromatic carbocycles. The van der Waals surface area contributed by atoms with Gasteiger partial charge < -0.3 is 4.90 Å². The molecule has 1 heterocycles. The van der Waals surface area contributed by atoms with Crippen molar-refractivity contribution in [1.29, 1.82) is 0 Å². The molecule has 3 aromatic rings. The number of nitrogens with zero attached hydrogens (tertiary/aromatic N) is 2. The van der Waals surface area contributed by atoms with Gasteiger partial charge in [-0.15, -0.1) is 0 Å². The number of hydrogen-bond acceptors (Lipinski definition) is 2. The van der Waals surface area contributed by atoms with Crippen LogP contribution in [0.5, 0.6) is 0 Å². The van der Waals surface area contributed by atoms with Crippen LogP contribution < -0.4 is 0 Å². The average Bonchev–Trinajstić information content (AvgIpc) is 2.75. The van der Waals surface area contributed by atoms with Crippen molar-refractivity contribution in [2.45, 2.75) is 6.04 Å². The Balaban J connectivity index is 1.52. The minimum atomic E-state index is -0.0231. The monoisotopic (exact) mass is 424 g/mol. The molecule has 29 heavy (non-hydrogen) atoms. The predicted molar refractivity (Wildman–Crippen MR) is 119 cm³/mol. The average molecular weight is 425 g/mol. The van der Waals surface area contributed by atoms with E-state index in [2.05, 4.69) is 53.4 Å². The number of benzene rings is 3. The highest BCUT2D eigenvalue weighted by atomic mass is 35.5. The van der Waals surface area contributed by atoms with E-state index < -0.39 is 0 Å². The normalized spacial score (nSPS) is 14.9. The highest BCUT2D eigenvalue weighted by Gasteiger charge is 2.28. The van der Waals surface area contributed by atoms with E-state index in [-0.39, 0.29) is 11.9 Å². The first kappa shape index (κ1) is 20.0. The highest BCUT2D eigenvalue weighted by molar-refractivity contribution is 6.35. The topological polar surface area (TPSA) is 23.6 Å². The summed E-state index contributed by atoms with van der Waals surface area (Å²) in [5.74, 6) is -0.0231. The van der Waals surface area contributed by atoms with E-state index in [4.69, 9.17) is 23.2 Å². The summed E-state index contributed by atoms with van der Waals surface area (Å²) in [6, 6.07) is 26.2. The molecular formula is C24H22Cl2N2O. The zero-order valence-electron chi connectivity index (χ0n) is 16.0. The van der Waals surface area contributed by atoms with Gasteiger partial charge in [-0.2, -0.15) is 0 Å². The van der Waals surface area contributed by atoms with Gasteiger partial charge in [0.2, 0.25) is 0 Å². The maximum atomic E-state index is 12.9. The standard InChI is InChI=1S/C24H22Cl2N2O/c25-21-15-20(16-22(26)17-21)24(29)28-13-11-27(12-14-28)23(18-7-3-1-4-8-18)19-9-5-2-6-10-19/h1-10,15-17,23H,11-14H2. The van der Waals surface area contributed by atoms with Crippen molar-refractivity contribution in [3.63, 3.8) is 0 Å². The van der Waals surface area contributed by atoms with Crippen LogP contribution in [-0.4, -0.2) is 41.9 Å². The van der Waals surface area contributed by atoms with Crippen molar-refractivity contribution in [3.8, 4) is 0 Å². The minimum Gasteiger partial charge on any atom is -0.336 e. The molecule has 1 amide bonds. The van der Waals surface area contributed by atoms with E-state index in [1.807, 2.05) is 17.0 Å². The van der Waals surface area contributed by atoms with E-state index in [1.54, 1.807) is 18.2 Å². The molecule has 148 valence electrons. The smallest absolute Gasteiger partial charge is 0.254 e. The van der Waals surface area contributed by atoms with Gasteiger partial charge >= 0.3 is 0 Å². The third kappa shape index (κ3) is 4.64. The molecular weight excluding hydrogens is 403 g/mol. The lowest BCUT2D eigenvalue weighted by Crippen LogP contribution is -2.49. The Morgan fingerprint density at radius 3 is 1.69 bits per heavy atom. The van der Waals surface area contributed by atoms with Gasteiger partial charge in [-0.05, 0) is 29.3 Å². The molecule has 0 unspecified atom stereocenters. The first-order valence-electron chi connectivity index (χ1n) is 9.71. The zero-order chi connectivity index (χ0) is 20.2. The Hall–Kier alpha value is -2.33. The maximum Gasteiger partial charge on any atom is 0.254 e. The number of hydrogen-bond donors (Lipinski definition) is 0. The molecule has 3 nitrogen and oxygen atoms in total. The van der Waals surface area contributed by atoms with Crippen molar-refractivity contribution in [2.24, 2.45) is 0 Å². The third-order valence-electron chi connectivity index (χ3n) is 5.31. The van der Waals surface area contributed by atoms with E-state index >= 15 is 0 Å². The second kappa shape index (κ2) is 9.00. The highest BCUT2D eigenvalue weighted by Crippen LogP contribution is 2.30. The van der Waals surface area contributed by atoms with Gasteiger partial charge in [0.05, 0.1) is 6.04 Å². The fourth-order valence-corrected chi connectivity index (χ4v) is 4.45. The van der Waals surface area contributed by atoms with Crippen LogP contribution in [-0.2, 0) is 0 Å². The summed E-state index contributed by atoms with van der Waals surface area (Å²) >= 11 is 12.1. The van der Waals surface area contributed by atoms with Crippen molar-refractivity contribution < 1.29 is 4.79 Å². The lowest BCUT2D eigenvalue weighted by atomic mass is 9.96. The van der Waals surface area contributed by atoms with Gasteiger partial charge in [-0.25, -0.2) is 0 Å². The Morgan fingerprint density at radius 2 is 1.21 bits per heavy atom. The predicted octanol–water partition coefficient (Wildman–Crippen LogP) is 5.54. The van der Waals surface area contributed by atoms with Crippen LogP contribution >= 0.6 is 23.2 Å². The van der Waals surface area contributed by atoms with E-state index in [9.17, 15) is 4.79 Å². The summed E-state index contributed by atoms with van der Waals surface area (Å²) in [5.41, 5.74) is 3.07. The SMILES string of the molecule is O=C(c1cc(Cl)cc(Cl)c1)N1CCN(C(c2ccccc2)c2ccccc2)CC1. The summed E-state index contributed by atoms with van der Waals surface area (Å²) in [5, 5.41) is 0.959. The van der Waals surface area contributed by atoms with E-state index in [1.165, 1.54) is 11.1 Å². The molecule has 1 fully saturated rings. The van der Waals surface area contributed by atoms with Crippen LogP contribution in [0.3, 0.4) is 0 Å². The molecule has 1 aliphatic heterocycles. The molecule has 0 N–H and O–H groups in total. The second-order valence-corrected chi connectivity index (χ2v) is 8.08. The Labute approximate surface area is 181 Å². The van der Waals surface area contributed by atoms with E-state index in [0.29, 0.717) is 28.7 Å². The molecule has 0 aliphatic carbocycles. The quantitative estimate of drug-likeness (QED) is 0.548. The Bertz CT molecular complexity index is 911. The summed E-state index contributed by atoms with van der Waals surface area (Å²) in [7, 11) is 0. The lowest BCUT2D eigenvalue weighted by Gasteiger charge is -2.39. The summed E-state index contributed by atoms with van der Waals surface area (Å²) in [6.45, 7) is 2.93. The fraction of sp³-hybridized carbons (Fsp3) is 0.208. The van der Waals surface area contributed by atoms with Crippen molar-refractivity contribution in [2.75, 3.05) is 26.2 Å². The number of carbonyl (C=O) groups excluding carboxylic acids is 1. The van der Waals surface area contributed by atoms with Gasteiger partial charge in [-0.3, -0.25) is 9.69 Å². The summed E-state index contributed by atoms with van der Waals surface area (Å²) in [6.07, 6.45) is 0. The molecule has 0 aromatic heterocycles. The van der Waals surface area contributed by atoms with Crippen LogP contribution in [0.4, 0.5) is 0 Å². The number of piperazine rings is 1. The summed E-state index contributed by atoms with van der Waals surface area (Å²) in [4.78, 5) is 17.2. The van der Waals surface area contributed by atoms with Crippen LogP contribution in [0.1, 0.15) is 27.5 Å². The first-order valence-corrected chi connectivity index (χ1v) is 10.5. The number of amides is 1. The molecule has 4 rings (SSSR count). The molecule has 5 heteroatoms. The van der Waals surface area contributed by atoms with Gasteiger partial charge in [0, 0.05) is 41.8 Å². The summed E-state index contributed by atoms with van der Waals surface area (Å²) < 4.78 is 0. The lowest BCUT2D eigenvalue weighted by molar-refractivity contribution is 0.0597. The Kier molecular flexibility index (Phi) is 6.19. The molecule has 1 saturated heterocycles. The number of rotatable bonds is 4. The zero-order valence-corrected chi connectivity index (χ0v) is 17.5. The number of halogens is 2. The third-order valence-corrected chi connectivity index (χ3v) is 5.74.